The van der Waals surface area contributed by atoms with E-state index in [0.29, 0.717) is 5.41 Å². The SMILES string of the molecule is CC1(c2nc(-c3ccc(CC(=O)O)s3)cs2)CC1. The lowest BCUT2D eigenvalue weighted by Gasteiger charge is -2.00. The Morgan fingerprint density at radius 1 is 1.50 bits per heavy atom. The molecule has 1 aliphatic carbocycles. The molecule has 0 bridgehead atoms. The second kappa shape index (κ2) is 4.17. The maximum Gasteiger partial charge on any atom is 0.308 e. The molecule has 0 aliphatic heterocycles. The van der Waals surface area contributed by atoms with Crippen molar-refractivity contribution in [3.05, 3.63) is 27.4 Å². The zero-order chi connectivity index (χ0) is 12.8. The summed E-state index contributed by atoms with van der Waals surface area (Å²) in [6.07, 6.45) is 2.56. The van der Waals surface area contributed by atoms with Gasteiger partial charge in [-0.1, -0.05) is 6.92 Å². The summed E-state index contributed by atoms with van der Waals surface area (Å²) in [5.74, 6) is -0.784. The molecule has 0 atom stereocenters. The Labute approximate surface area is 113 Å². The zero-order valence-corrected chi connectivity index (χ0v) is 11.6. The third-order valence-electron chi connectivity index (χ3n) is 3.26. The van der Waals surface area contributed by atoms with E-state index in [1.54, 1.807) is 11.3 Å². The van der Waals surface area contributed by atoms with Crippen molar-refractivity contribution in [2.45, 2.75) is 31.6 Å². The highest BCUT2D eigenvalue weighted by Gasteiger charge is 2.41. The third-order valence-corrected chi connectivity index (χ3v) is 5.52. The van der Waals surface area contributed by atoms with Crippen molar-refractivity contribution in [2.24, 2.45) is 0 Å². The summed E-state index contributed by atoms with van der Waals surface area (Å²) in [5.41, 5.74) is 1.30. The predicted octanol–water partition coefficient (Wildman–Crippen LogP) is 3.55. The van der Waals surface area contributed by atoms with Gasteiger partial charge in [0.25, 0.3) is 0 Å². The Kier molecular flexibility index (Phi) is 2.75. The molecule has 0 spiro atoms. The molecule has 5 heteroatoms. The number of nitrogens with zero attached hydrogens (tertiary/aromatic N) is 1. The van der Waals surface area contributed by atoms with Gasteiger partial charge < -0.3 is 5.11 Å². The lowest BCUT2D eigenvalue weighted by Crippen LogP contribution is -1.97. The van der Waals surface area contributed by atoms with Crippen LogP contribution in [0, 0.1) is 0 Å². The van der Waals surface area contributed by atoms with E-state index in [4.69, 9.17) is 5.11 Å². The van der Waals surface area contributed by atoms with Crippen molar-refractivity contribution in [3.8, 4) is 10.6 Å². The molecule has 18 heavy (non-hydrogen) atoms. The van der Waals surface area contributed by atoms with Crippen molar-refractivity contribution >= 4 is 28.6 Å². The highest BCUT2D eigenvalue weighted by atomic mass is 32.1. The van der Waals surface area contributed by atoms with E-state index in [-0.39, 0.29) is 6.42 Å². The molecule has 2 aromatic heterocycles. The Balaban J connectivity index is 1.84. The molecule has 2 aromatic rings. The minimum Gasteiger partial charge on any atom is -0.481 e. The molecule has 2 heterocycles. The van der Waals surface area contributed by atoms with Crippen molar-refractivity contribution in [1.82, 2.24) is 4.98 Å². The van der Waals surface area contributed by atoms with Crippen LogP contribution in [0.2, 0.25) is 0 Å². The van der Waals surface area contributed by atoms with E-state index in [9.17, 15) is 4.79 Å². The van der Waals surface area contributed by atoms with E-state index in [2.05, 4.69) is 17.3 Å². The van der Waals surface area contributed by atoms with E-state index in [1.165, 1.54) is 29.2 Å². The highest BCUT2D eigenvalue weighted by molar-refractivity contribution is 7.16. The van der Waals surface area contributed by atoms with E-state index in [0.717, 1.165) is 15.4 Å². The molecule has 1 N–H and O–H groups in total. The third kappa shape index (κ3) is 2.20. The quantitative estimate of drug-likeness (QED) is 0.931. The van der Waals surface area contributed by atoms with Crippen LogP contribution in [0.15, 0.2) is 17.5 Å². The van der Waals surface area contributed by atoms with Gasteiger partial charge in [-0.3, -0.25) is 4.79 Å². The van der Waals surface area contributed by atoms with Gasteiger partial charge in [0.1, 0.15) is 0 Å². The predicted molar refractivity (Wildman–Crippen MR) is 73.4 cm³/mol. The molecule has 94 valence electrons. The van der Waals surface area contributed by atoms with Crippen molar-refractivity contribution < 1.29 is 9.90 Å². The molecular formula is C13H13NO2S2. The maximum absolute atomic E-state index is 10.7. The van der Waals surface area contributed by atoms with Gasteiger partial charge in [-0.05, 0) is 25.0 Å². The zero-order valence-electron chi connectivity index (χ0n) is 9.97. The van der Waals surface area contributed by atoms with Crippen LogP contribution in [-0.4, -0.2) is 16.1 Å². The smallest absolute Gasteiger partial charge is 0.308 e. The summed E-state index contributed by atoms with van der Waals surface area (Å²) in [6.45, 7) is 2.25. The molecule has 0 unspecified atom stereocenters. The lowest BCUT2D eigenvalue weighted by atomic mass is 10.2. The first kappa shape index (κ1) is 11.9. The van der Waals surface area contributed by atoms with Gasteiger partial charge >= 0.3 is 5.97 Å². The summed E-state index contributed by atoms with van der Waals surface area (Å²) < 4.78 is 0. The monoisotopic (exact) mass is 279 g/mol. The van der Waals surface area contributed by atoms with Gasteiger partial charge in [-0.25, -0.2) is 4.98 Å². The largest absolute Gasteiger partial charge is 0.481 e. The summed E-state index contributed by atoms with van der Waals surface area (Å²) >= 11 is 3.24. The minimum atomic E-state index is -0.784. The van der Waals surface area contributed by atoms with Crippen LogP contribution >= 0.6 is 22.7 Å². The Hall–Kier alpha value is -1.20. The fourth-order valence-corrected chi connectivity index (χ4v) is 3.90. The van der Waals surface area contributed by atoms with Crippen LogP contribution in [0.1, 0.15) is 29.7 Å². The van der Waals surface area contributed by atoms with Gasteiger partial charge in [-0.2, -0.15) is 0 Å². The summed E-state index contributed by atoms with van der Waals surface area (Å²) in [7, 11) is 0. The van der Waals surface area contributed by atoms with Gasteiger partial charge in [0.05, 0.1) is 22.0 Å². The van der Waals surface area contributed by atoms with E-state index >= 15 is 0 Å². The summed E-state index contributed by atoms with van der Waals surface area (Å²) in [5, 5.41) is 12.1. The second-order valence-corrected chi connectivity index (χ2v) is 6.96. The van der Waals surface area contributed by atoms with Crippen LogP contribution in [0.5, 0.6) is 0 Å². The number of hydrogen-bond donors (Lipinski definition) is 1. The van der Waals surface area contributed by atoms with Crippen LogP contribution in [0.25, 0.3) is 10.6 Å². The van der Waals surface area contributed by atoms with Crippen molar-refractivity contribution in [2.75, 3.05) is 0 Å². The van der Waals surface area contributed by atoms with Crippen LogP contribution in [0.4, 0.5) is 0 Å². The van der Waals surface area contributed by atoms with E-state index < -0.39 is 5.97 Å². The van der Waals surface area contributed by atoms with Gasteiger partial charge in [0.2, 0.25) is 0 Å². The minimum absolute atomic E-state index is 0.0966. The van der Waals surface area contributed by atoms with E-state index in [1.807, 2.05) is 12.1 Å². The first-order chi connectivity index (χ1) is 8.57. The molecule has 1 aliphatic rings. The molecule has 3 nitrogen and oxygen atoms in total. The molecule has 0 aromatic carbocycles. The number of carboxylic acids is 1. The van der Waals surface area contributed by atoms with Crippen molar-refractivity contribution in [1.29, 1.82) is 0 Å². The maximum atomic E-state index is 10.7. The number of hydrogen-bond acceptors (Lipinski definition) is 4. The number of rotatable bonds is 4. The summed E-state index contributed by atoms with van der Waals surface area (Å²) in [6, 6.07) is 3.85. The molecule has 0 saturated heterocycles. The van der Waals surface area contributed by atoms with Gasteiger partial charge in [0.15, 0.2) is 0 Å². The molecule has 1 saturated carbocycles. The van der Waals surface area contributed by atoms with Crippen LogP contribution < -0.4 is 0 Å². The van der Waals surface area contributed by atoms with Gasteiger partial charge in [-0.15, -0.1) is 22.7 Å². The fraction of sp³-hybridized carbons (Fsp3) is 0.385. The summed E-state index contributed by atoms with van der Waals surface area (Å²) in [4.78, 5) is 17.3. The number of aliphatic carboxylic acids is 1. The van der Waals surface area contributed by atoms with Crippen LogP contribution in [-0.2, 0) is 16.6 Å². The number of carbonyl (C=O) groups is 1. The normalized spacial score (nSPS) is 16.7. The fourth-order valence-electron chi connectivity index (χ4n) is 1.83. The van der Waals surface area contributed by atoms with Crippen molar-refractivity contribution in [3.63, 3.8) is 0 Å². The number of thiazole rings is 1. The molecule has 0 radical (unpaired) electrons. The number of aromatic nitrogens is 1. The van der Waals surface area contributed by atoms with Gasteiger partial charge in [0, 0.05) is 15.7 Å². The second-order valence-electron chi connectivity index (χ2n) is 4.94. The lowest BCUT2D eigenvalue weighted by molar-refractivity contribution is -0.136. The highest BCUT2D eigenvalue weighted by Crippen LogP contribution is 2.49. The molecule has 3 rings (SSSR count). The average molecular weight is 279 g/mol. The Morgan fingerprint density at radius 3 is 2.94 bits per heavy atom. The topological polar surface area (TPSA) is 50.2 Å². The molecule has 1 fully saturated rings. The average Bonchev–Trinajstić information content (AvgIpc) is 2.80. The standard InChI is InChI=1S/C13H13NO2S2/c1-13(4-5-13)12-14-9(7-17-12)10-3-2-8(18-10)6-11(15)16/h2-3,7H,4-6H2,1H3,(H,15,16). The number of thiophene rings is 1. The molecule has 0 amide bonds. The number of carboxylic acid groups (broad SMARTS) is 1. The Morgan fingerprint density at radius 2 is 2.28 bits per heavy atom. The Bertz CT molecular complexity index is 596. The first-order valence-electron chi connectivity index (χ1n) is 5.84. The van der Waals surface area contributed by atoms with Crippen LogP contribution in [0.3, 0.4) is 0 Å². The first-order valence-corrected chi connectivity index (χ1v) is 7.53. The molecular weight excluding hydrogens is 266 g/mol.